The molecular formula is C25H25N3O. The largest absolute Gasteiger partial charge is 0.395 e. The standard InChI is InChI=1S/C25H25N3O/c26-23(18-29)16-24-17-27-19-28(24)25(20-10-4-1-5-11-20,21-12-6-2-7-13-21)22-14-8-3-9-15-22/h1-15,17,19,23,29H,16,18,26H2/t23-/m0/s1. The minimum absolute atomic E-state index is 0.0693. The Bertz CT molecular complexity index is 933. The average molecular weight is 383 g/mol. The van der Waals surface area contributed by atoms with Gasteiger partial charge in [0.15, 0.2) is 0 Å². The number of aliphatic hydroxyl groups is 1. The maximum atomic E-state index is 9.52. The normalized spacial score (nSPS) is 12.6. The number of nitrogens with two attached hydrogens (primary N) is 1. The lowest BCUT2D eigenvalue weighted by atomic mass is 9.76. The van der Waals surface area contributed by atoms with Gasteiger partial charge in [-0.15, -0.1) is 0 Å². The van der Waals surface area contributed by atoms with Crippen LogP contribution in [0.3, 0.4) is 0 Å². The highest BCUT2D eigenvalue weighted by atomic mass is 16.3. The molecule has 1 atom stereocenters. The Labute approximate surface area is 171 Å². The molecule has 0 aliphatic rings. The highest BCUT2D eigenvalue weighted by molar-refractivity contribution is 5.51. The van der Waals surface area contributed by atoms with Gasteiger partial charge in [0.05, 0.1) is 12.9 Å². The summed E-state index contributed by atoms with van der Waals surface area (Å²) in [4.78, 5) is 4.48. The van der Waals surface area contributed by atoms with E-state index >= 15 is 0 Å². The zero-order valence-electron chi connectivity index (χ0n) is 16.2. The van der Waals surface area contributed by atoms with Gasteiger partial charge in [-0.05, 0) is 16.7 Å². The first kappa shape index (κ1) is 19.1. The Balaban J connectivity index is 2.06. The Kier molecular flexibility index (Phi) is 5.56. The number of benzene rings is 3. The van der Waals surface area contributed by atoms with Crippen molar-refractivity contribution in [1.82, 2.24) is 9.55 Å². The van der Waals surface area contributed by atoms with Crippen LogP contribution in [0.2, 0.25) is 0 Å². The monoisotopic (exact) mass is 383 g/mol. The first-order chi connectivity index (χ1) is 14.3. The maximum absolute atomic E-state index is 9.52. The number of aromatic nitrogens is 2. The summed E-state index contributed by atoms with van der Waals surface area (Å²) in [5.74, 6) is 0. The van der Waals surface area contributed by atoms with Gasteiger partial charge in [-0.2, -0.15) is 0 Å². The van der Waals surface area contributed by atoms with E-state index in [4.69, 9.17) is 5.73 Å². The van der Waals surface area contributed by atoms with Crippen LogP contribution in [0.15, 0.2) is 104 Å². The molecule has 4 nitrogen and oxygen atoms in total. The Hall–Kier alpha value is -3.21. The van der Waals surface area contributed by atoms with Crippen LogP contribution in [0, 0.1) is 0 Å². The maximum Gasteiger partial charge on any atom is 0.121 e. The predicted octanol–water partition coefficient (Wildman–Crippen LogP) is 3.59. The third-order valence-electron chi connectivity index (χ3n) is 5.36. The molecule has 3 aromatic carbocycles. The predicted molar refractivity (Wildman–Crippen MR) is 116 cm³/mol. The second kappa shape index (κ2) is 8.43. The van der Waals surface area contributed by atoms with Gasteiger partial charge in [0.25, 0.3) is 0 Å². The Morgan fingerprint density at radius 2 is 1.24 bits per heavy atom. The second-order valence-corrected chi connectivity index (χ2v) is 7.21. The fourth-order valence-electron chi connectivity index (χ4n) is 4.06. The quantitative estimate of drug-likeness (QED) is 0.480. The van der Waals surface area contributed by atoms with E-state index in [0.29, 0.717) is 6.42 Å². The molecule has 4 aromatic rings. The summed E-state index contributed by atoms with van der Waals surface area (Å²) in [7, 11) is 0. The second-order valence-electron chi connectivity index (χ2n) is 7.21. The molecule has 1 aromatic heterocycles. The van der Waals surface area contributed by atoms with E-state index in [-0.39, 0.29) is 12.6 Å². The van der Waals surface area contributed by atoms with Crippen LogP contribution in [0.25, 0.3) is 0 Å². The van der Waals surface area contributed by atoms with Gasteiger partial charge in [0.2, 0.25) is 0 Å². The number of rotatable bonds is 7. The van der Waals surface area contributed by atoms with Crippen molar-refractivity contribution in [2.45, 2.75) is 18.0 Å². The Morgan fingerprint density at radius 3 is 1.66 bits per heavy atom. The summed E-state index contributed by atoms with van der Waals surface area (Å²) >= 11 is 0. The molecule has 1 heterocycles. The fraction of sp³-hybridized carbons (Fsp3) is 0.160. The van der Waals surface area contributed by atoms with E-state index < -0.39 is 5.54 Å². The molecule has 0 amide bonds. The first-order valence-electron chi connectivity index (χ1n) is 9.81. The minimum Gasteiger partial charge on any atom is -0.395 e. The lowest BCUT2D eigenvalue weighted by Crippen LogP contribution is -2.39. The highest BCUT2D eigenvalue weighted by Crippen LogP contribution is 2.41. The number of hydrogen-bond donors (Lipinski definition) is 2. The molecule has 0 saturated heterocycles. The van der Waals surface area contributed by atoms with Crippen molar-refractivity contribution < 1.29 is 5.11 Å². The molecule has 0 bridgehead atoms. The van der Waals surface area contributed by atoms with Crippen molar-refractivity contribution in [3.05, 3.63) is 126 Å². The zero-order valence-corrected chi connectivity index (χ0v) is 16.2. The van der Waals surface area contributed by atoms with E-state index in [1.54, 1.807) is 0 Å². The van der Waals surface area contributed by atoms with E-state index in [1.807, 2.05) is 30.7 Å². The van der Waals surface area contributed by atoms with Gasteiger partial charge in [0, 0.05) is 24.4 Å². The van der Waals surface area contributed by atoms with Crippen molar-refractivity contribution in [3.8, 4) is 0 Å². The molecule has 3 N–H and O–H groups in total. The van der Waals surface area contributed by atoms with Crippen molar-refractivity contribution >= 4 is 0 Å². The Morgan fingerprint density at radius 1 is 0.793 bits per heavy atom. The number of imidazole rings is 1. The van der Waals surface area contributed by atoms with Gasteiger partial charge < -0.3 is 15.4 Å². The smallest absolute Gasteiger partial charge is 0.121 e. The highest BCUT2D eigenvalue weighted by Gasteiger charge is 2.39. The SMILES string of the molecule is N[C@H](CO)Cc1cncn1C(c1ccccc1)(c1ccccc1)c1ccccc1. The van der Waals surface area contributed by atoms with Crippen molar-refractivity contribution in [2.75, 3.05) is 6.61 Å². The van der Waals surface area contributed by atoms with Crippen LogP contribution in [0.5, 0.6) is 0 Å². The summed E-state index contributed by atoms with van der Waals surface area (Å²) in [5, 5.41) is 9.52. The molecule has 0 saturated carbocycles. The van der Waals surface area contributed by atoms with E-state index in [2.05, 4.69) is 82.3 Å². The van der Waals surface area contributed by atoms with Gasteiger partial charge in [0.1, 0.15) is 5.54 Å². The van der Waals surface area contributed by atoms with Gasteiger partial charge >= 0.3 is 0 Å². The molecule has 4 heteroatoms. The van der Waals surface area contributed by atoms with Crippen molar-refractivity contribution in [1.29, 1.82) is 0 Å². The zero-order chi connectivity index (χ0) is 20.1. The molecule has 0 spiro atoms. The molecule has 0 radical (unpaired) electrons. The third kappa shape index (κ3) is 3.48. The molecule has 0 unspecified atom stereocenters. The van der Waals surface area contributed by atoms with Gasteiger partial charge in [-0.25, -0.2) is 4.98 Å². The molecule has 29 heavy (non-hydrogen) atoms. The van der Waals surface area contributed by atoms with Crippen molar-refractivity contribution in [3.63, 3.8) is 0 Å². The van der Waals surface area contributed by atoms with Crippen LogP contribution >= 0.6 is 0 Å². The van der Waals surface area contributed by atoms with Gasteiger partial charge in [-0.1, -0.05) is 91.0 Å². The van der Waals surface area contributed by atoms with E-state index in [0.717, 1.165) is 22.4 Å². The number of aliphatic hydroxyl groups excluding tert-OH is 1. The topological polar surface area (TPSA) is 64.1 Å². The first-order valence-corrected chi connectivity index (χ1v) is 9.81. The van der Waals surface area contributed by atoms with Crippen LogP contribution in [0.1, 0.15) is 22.4 Å². The van der Waals surface area contributed by atoms with Crippen LogP contribution < -0.4 is 5.73 Å². The van der Waals surface area contributed by atoms with Crippen LogP contribution in [-0.4, -0.2) is 27.3 Å². The number of nitrogens with zero attached hydrogens (tertiary/aromatic N) is 2. The minimum atomic E-state index is -0.606. The summed E-state index contributed by atoms with van der Waals surface area (Å²) in [6.45, 7) is -0.0693. The molecule has 146 valence electrons. The summed E-state index contributed by atoms with van der Waals surface area (Å²) in [6, 6.07) is 31.0. The van der Waals surface area contributed by atoms with E-state index in [9.17, 15) is 5.11 Å². The lowest BCUT2D eigenvalue weighted by molar-refractivity contribution is 0.263. The van der Waals surface area contributed by atoms with Crippen molar-refractivity contribution in [2.24, 2.45) is 5.73 Å². The van der Waals surface area contributed by atoms with Gasteiger partial charge in [-0.3, -0.25) is 0 Å². The van der Waals surface area contributed by atoms with E-state index in [1.165, 1.54) is 0 Å². The molecule has 4 rings (SSSR count). The molecule has 0 fully saturated rings. The van der Waals surface area contributed by atoms with Crippen LogP contribution in [-0.2, 0) is 12.0 Å². The summed E-state index contributed by atoms with van der Waals surface area (Å²) < 4.78 is 2.20. The molecule has 0 aliphatic carbocycles. The average Bonchev–Trinajstić information content (AvgIpc) is 3.25. The summed E-state index contributed by atoms with van der Waals surface area (Å²) in [5.41, 5.74) is 9.87. The summed E-state index contributed by atoms with van der Waals surface area (Å²) in [6.07, 6.45) is 4.25. The number of hydrogen-bond acceptors (Lipinski definition) is 3. The molecule has 0 aliphatic heterocycles. The molecular weight excluding hydrogens is 358 g/mol. The lowest BCUT2D eigenvalue weighted by Gasteiger charge is -2.39. The third-order valence-corrected chi connectivity index (χ3v) is 5.36. The fourth-order valence-corrected chi connectivity index (χ4v) is 4.06. The van der Waals surface area contributed by atoms with Crippen LogP contribution in [0.4, 0.5) is 0 Å².